The number of nitrogens with two attached hydrogens (primary N) is 1. The summed E-state index contributed by atoms with van der Waals surface area (Å²) in [6, 6.07) is 2.84. The topological polar surface area (TPSA) is 78.6 Å². The van der Waals surface area contributed by atoms with Gasteiger partial charge in [0.05, 0.1) is 24.8 Å². The van der Waals surface area contributed by atoms with Gasteiger partial charge in [0.25, 0.3) is 0 Å². The van der Waals surface area contributed by atoms with Gasteiger partial charge in [0.2, 0.25) is 0 Å². The van der Waals surface area contributed by atoms with E-state index in [0.717, 1.165) is 0 Å². The van der Waals surface area contributed by atoms with Gasteiger partial charge in [-0.05, 0) is 12.1 Å². The summed E-state index contributed by atoms with van der Waals surface area (Å²) in [5, 5.41) is 0.294. The lowest BCUT2D eigenvalue weighted by Crippen LogP contribution is -2.06. The minimum atomic E-state index is -0.579. The molecule has 0 aliphatic carbocycles. The van der Waals surface area contributed by atoms with Gasteiger partial charge in [-0.15, -0.1) is 0 Å². The molecule has 0 spiro atoms. The Balaban J connectivity index is 3.08. The lowest BCUT2D eigenvalue weighted by atomic mass is 10.1. The first kappa shape index (κ1) is 14.9. The normalized spacial score (nSPS) is 9.21. The number of ether oxygens (including phenoxy) is 2. The van der Waals surface area contributed by atoms with E-state index in [4.69, 9.17) is 17.3 Å². The van der Waals surface area contributed by atoms with Gasteiger partial charge in [-0.1, -0.05) is 23.4 Å². The maximum absolute atomic E-state index is 11.5. The largest absolute Gasteiger partial charge is 0.468 e. The fraction of sp³-hybridized carbons (Fsp3) is 0.231. The summed E-state index contributed by atoms with van der Waals surface area (Å²) in [6.07, 6.45) is -0.0647. The highest BCUT2D eigenvalue weighted by atomic mass is 35.5. The number of benzene rings is 1. The highest BCUT2D eigenvalue weighted by molar-refractivity contribution is 6.32. The molecule has 100 valence electrons. The fourth-order valence-electron chi connectivity index (χ4n) is 1.25. The van der Waals surface area contributed by atoms with Crippen molar-refractivity contribution in [1.29, 1.82) is 0 Å². The number of anilines is 1. The van der Waals surface area contributed by atoms with Crippen molar-refractivity contribution in [3.05, 3.63) is 28.3 Å². The zero-order chi connectivity index (χ0) is 14.4. The zero-order valence-corrected chi connectivity index (χ0v) is 11.2. The van der Waals surface area contributed by atoms with Crippen LogP contribution in [0.5, 0.6) is 0 Å². The van der Waals surface area contributed by atoms with Crippen LogP contribution in [0.2, 0.25) is 5.02 Å². The first-order valence-electron chi connectivity index (χ1n) is 5.22. The van der Waals surface area contributed by atoms with Gasteiger partial charge in [0.1, 0.15) is 6.42 Å². The molecule has 0 saturated heterocycles. The van der Waals surface area contributed by atoms with Gasteiger partial charge in [-0.2, -0.15) is 0 Å². The van der Waals surface area contributed by atoms with Crippen LogP contribution in [0.4, 0.5) is 5.69 Å². The smallest absolute Gasteiger partial charge is 0.340 e. The molecule has 1 aromatic carbocycles. The number of esters is 2. The summed E-state index contributed by atoms with van der Waals surface area (Å²) < 4.78 is 9.04. The van der Waals surface area contributed by atoms with Gasteiger partial charge >= 0.3 is 11.9 Å². The molecule has 2 N–H and O–H groups in total. The second kappa shape index (κ2) is 6.66. The molecule has 5 nitrogen and oxygen atoms in total. The molecule has 0 aliphatic heterocycles. The van der Waals surface area contributed by atoms with Crippen molar-refractivity contribution in [2.24, 2.45) is 0 Å². The molecule has 0 heterocycles. The number of nitrogen functional groups attached to an aromatic ring is 1. The van der Waals surface area contributed by atoms with Gasteiger partial charge in [0, 0.05) is 11.3 Å². The number of methoxy groups -OCH3 is 2. The Morgan fingerprint density at radius 1 is 1.32 bits per heavy atom. The van der Waals surface area contributed by atoms with E-state index in [-0.39, 0.29) is 17.7 Å². The molecule has 0 aliphatic rings. The summed E-state index contributed by atoms with van der Waals surface area (Å²) >= 11 is 5.95. The average Bonchev–Trinajstić information content (AvgIpc) is 2.40. The molecule has 0 bridgehead atoms. The predicted octanol–water partition coefficient (Wildman–Crippen LogP) is 1.62. The molecule has 0 aromatic heterocycles. The third-order valence-corrected chi connectivity index (χ3v) is 2.54. The SMILES string of the molecule is COC(=O)CC#Cc1cc(C(=O)OC)c(N)cc1Cl. The average molecular weight is 282 g/mol. The summed E-state index contributed by atoms with van der Waals surface area (Å²) in [7, 11) is 2.52. The van der Waals surface area contributed by atoms with Crippen molar-refractivity contribution in [2.45, 2.75) is 6.42 Å². The molecule has 19 heavy (non-hydrogen) atoms. The van der Waals surface area contributed by atoms with Crippen molar-refractivity contribution in [3.63, 3.8) is 0 Å². The van der Waals surface area contributed by atoms with Gasteiger partial charge < -0.3 is 15.2 Å². The first-order chi connectivity index (χ1) is 8.99. The Hall–Kier alpha value is -2.19. The maximum atomic E-state index is 11.5. The molecular formula is C13H12ClNO4. The lowest BCUT2D eigenvalue weighted by molar-refractivity contribution is -0.139. The molecule has 1 rings (SSSR count). The van der Waals surface area contributed by atoms with Crippen molar-refractivity contribution in [2.75, 3.05) is 20.0 Å². The summed E-state index contributed by atoms with van der Waals surface area (Å²) in [5.41, 5.74) is 6.43. The Bertz CT molecular complexity index is 572. The maximum Gasteiger partial charge on any atom is 0.340 e. The standard InChI is InChI=1S/C13H12ClNO4/c1-18-12(16)5-3-4-8-6-9(13(17)19-2)11(15)7-10(8)14/h6-7H,5,15H2,1-2H3. The number of halogens is 1. The Morgan fingerprint density at radius 2 is 2.00 bits per heavy atom. The molecule has 1 aromatic rings. The van der Waals surface area contributed by atoms with Gasteiger partial charge in [-0.25, -0.2) is 4.79 Å². The molecule has 6 heteroatoms. The number of carbonyl (C=O) groups excluding carboxylic acids is 2. The number of hydrogen-bond acceptors (Lipinski definition) is 5. The van der Waals surface area contributed by atoms with Crippen molar-refractivity contribution in [1.82, 2.24) is 0 Å². The fourth-order valence-corrected chi connectivity index (χ4v) is 1.47. The van der Waals surface area contributed by atoms with Crippen LogP contribution in [0.15, 0.2) is 12.1 Å². The second-order valence-corrected chi connectivity index (χ2v) is 3.87. The van der Waals surface area contributed by atoms with Crippen LogP contribution in [0.25, 0.3) is 0 Å². The Labute approximate surface area is 115 Å². The van der Waals surface area contributed by atoms with Crippen LogP contribution < -0.4 is 5.73 Å². The van der Waals surface area contributed by atoms with E-state index in [1.807, 2.05) is 0 Å². The third kappa shape index (κ3) is 3.90. The number of rotatable bonds is 2. The van der Waals surface area contributed by atoms with Crippen molar-refractivity contribution < 1.29 is 19.1 Å². The van der Waals surface area contributed by atoms with Crippen LogP contribution in [0.3, 0.4) is 0 Å². The third-order valence-electron chi connectivity index (χ3n) is 2.23. The predicted molar refractivity (Wildman–Crippen MR) is 70.7 cm³/mol. The van der Waals surface area contributed by atoms with E-state index < -0.39 is 11.9 Å². The number of carbonyl (C=O) groups is 2. The molecule has 0 unspecified atom stereocenters. The molecular weight excluding hydrogens is 270 g/mol. The monoisotopic (exact) mass is 281 g/mol. The summed E-state index contributed by atoms with van der Waals surface area (Å²) in [6.45, 7) is 0. The highest BCUT2D eigenvalue weighted by Crippen LogP contribution is 2.23. The van der Waals surface area contributed by atoms with Crippen molar-refractivity contribution >= 4 is 29.2 Å². The Kier molecular flexibility index (Phi) is 5.22. The minimum absolute atomic E-state index is 0.0647. The first-order valence-corrected chi connectivity index (χ1v) is 5.60. The minimum Gasteiger partial charge on any atom is -0.468 e. The van der Waals surface area contributed by atoms with Crippen LogP contribution in [-0.4, -0.2) is 26.2 Å². The summed E-state index contributed by atoms with van der Waals surface area (Å²) in [5.74, 6) is 4.24. The molecule has 0 atom stereocenters. The molecule has 0 fully saturated rings. The van der Waals surface area contributed by atoms with E-state index in [2.05, 4.69) is 21.3 Å². The Morgan fingerprint density at radius 3 is 2.58 bits per heavy atom. The highest BCUT2D eigenvalue weighted by Gasteiger charge is 2.12. The van der Waals surface area contributed by atoms with E-state index in [1.165, 1.54) is 26.4 Å². The van der Waals surface area contributed by atoms with E-state index in [1.54, 1.807) is 0 Å². The van der Waals surface area contributed by atoms with Crippen LogP contribution in [-0.2, 0) is 14.3 Å². The number of hydrogen-bond donors (Lipinski definition) is 1. The van der Waals surface area contributed by atoms with Crippen LogP contribution in [0.1, 0.15) is 22.3 Å². The molecule has 0 amide bonds. The van der Waals surface area contributed by atoms with Gasteiger partial charge in [0.15, 0.2) is 0 Å². The quantitative estimate of drug-likeness (QED) is 0.506. The summed E-state index contributed by atoms with van der Waals surface area (Å²) in [4.78, 5) is 22.4. The van der Waals surface area contributed by atoms with E-state index in [9.17, 15) is 9.59 Å². The second-order valence-electron chi connectivity index (χ2n) is 3.47. The van der Waals surface area contributed by atoms with E-state index >= 15 is 0 Å². The lowest BCUT2D eigenvalue weighted by Gasteiger charge is -2.05. The van der Waals surface area contributed by atoms with Crippen LogP contribution >= 0.6 is 11.6 Å². The van der Waals surface area contributed by atoms with E-state index in [0.29, 0.717) is 10.6 Å². The van der Waals surface area contributed by atoms with Gasteiger partial charge in [-0.3, -0.25) is 4.79 Å². The van der Waals surface area contributed by atoms with Crippen molar-refractivity contribution in [3.8, 4) is 11.8 Å². The van der Waals surface area contributed by atoms with Crippen LogP contribution in [0, 0.1) is 11.8 Å². The zero-order valence-electron chi connectivity index (χ0n) is 10.5. The molecule has 0 radical (unpaired) electrons. The molecule has 0 saturated carbocycles.